The van der Waals surface area contributed by atoms with Crippen LogP contribution in [0.25, 0.3) is 22.0 Å². The Hall–Kier alpha value is -3.73. The van der Waals surface area contributed by atoms with E-state index in [-0.39, 0.29) is 6.79 Å². The number of aromatic nitrogens is 1. The molecule has 5 heteroatoms. The Labute approximate surface area is 199 Å². The smallest absolute Gasteiger partial charge is 0.231 e. The average molecular weight is 455 g/mol. The van der Waals surface area contributed by atoms with Gasteiger partial charge in [-0.3, -0.25) is 0 Å². The van der Waals surface area contributed by atoms with E-state index in [1.165, 1.54) is 38.9 Å². The van der Waals surface area contributed by atoms with Crippen LogP contribution in [-0.4, -0.2) is 21.0 Å². The molecule has 0 atom stereocenters. The van der Waals surface area contributed by atoms with Gasteiger partial charge in [-0.25, -0.2) is 0 Å². The van der Waals surface area contributed by atoms with Crippen molar-refractivity contribution in [3.8, 4) is 34.3 Å². The van der Waals surface area contributed by atoms with E-state index >= 15 is 0 Å². The molecule has 0 amide bonds. The van der Waals surface area contributed by atoms with Gasteiger partial charge in [-0.1, -0.05) is 29.8 Å². The minimum Gasteiger partial charge on any atom is -0.493 e. The fraction of sp³-hybridized carbons (Fsp3) is 0.276. The maximum Gasteiger partial charge on any atom is 0.231 e. The van der Waals surface area contributed by atoms with Gasteiger partial charge in [0, 0.05) is 17.4 Å². The Morgan fingerprint density at radius 3 is 2.44 bits per heavy atom. The summed E-state index contributed by atoms with van der Waals surface area (Å²) >= 11 is 0. The second-order valence-corrected chi connectivity index (χ2v) is 9.01. The Kier molecular flexibility index (Phi) is 5.05. The summed E-state index contributed by atoms with van der Waals surface area (Å²) in [6, 6.07) is 17.3. The first-order valence-electron chi connectivity index (χ1n) is 11.7. The maximum atomic E-state index is 5.83. The molecule has 0 unspecified atom stereocenters. The van der Waals surface area contributed by atoms with Crippen molar-refractivity contribution in [2.75, 3.05) is 21.0 Å². The molecule has 3 heterocycles. The molecular formula is C29H28NO4+. The summed E-state index contributed by atoms with van der Waals surface area (Å²) in [5.74, 6) is 3.20. The fourth-order valence-electron chi connectivity index (χ4n) is 5.29. The molecule has 172 valence electrons. The number of ether oxygens (including phenoxy) is 4. The Bertz CT molecular complexity index is 1410. The van der Waals surface area contributed by atoms with E-state index < -0.39 is 0 Å². The number of aryl methyl sites for hydroxylation is 5. The van der Waals surface area contributed by atoms with Gasteiger partial charge in [-0.15, -0.1) is 0 Å². The van der Waals surface area contributed by atoms with Crippen LogP contribution >= 0.6 is 0 Å². The van der Waals surface area contributed by atoms with Crippen LogP contribution in [0.3, 0.4) is 0 Å². The molecule has 5 nitrogen and oxygen atoms in total. The summed E-state index contributed by atoms with van der Waals surface area (Å²) < 4.78 is 25.2. The third kappa shape index (κ3) is 3.35. The Morgan fingerprint density at radius 2 is 1.68 bits per heavy atom. The molecule has 6 rings (SSSR count). The second-order valence-electron chi connectivity index (χ2n) is 9.01. The first kappa shape index (κ1) is 20.8. The van der Waals surface area contributed by atoms with Gasteiger partial charge in [-0.2, -0.15) is 4.57 Å². The lowest BCUT2D eigenvalue weighted by Crippen LogP contribution is -2.41. The van der Waals surface area contributed by atoms with Gasteiger partial charge in [0.1, 0.15) is 0 Å². The van der Waals surface area contributed by atoms with Crippen LogP contribution in [-0.2, 0) is 25.8 Å². The van der Waals surface area contributed by atoms with Gasteiger partial charge >= 0.3 is 0 Å². The van der Waals surface area contributed by atoms with Crippen molar-refractivity contribution in [1.29, 1.82) is 0 Å². The summed E-state index contributed by atoms with van der Waals surface area (Å²) in [6.07, 6.45) is 5.04. The maximum absolute atomic E-state index is 5.83. The van der Waals surface area contributed by atoms with Crippen LogP contribution in [0.1, 0.15) is 22.3 Å². The number of benzene rings is 3. The van der Waals surface area contributed by atoms with Crippen LogP contribution in [0, 0.1) is 6.92 Å². The van der Waals surface area contributed by atoms with E-state index in [9.17, 15) is 0 Å². The first-order chi connectivity index (χ1) is 16.7. The number of rotatable bonds is 5. The Morgan fingerprint density at radius 1 is 0.882 bits per heavy atom. The number of fused-ring (bicyclic) bond motifs is 5. The van der Waals surface area contributed by atoms with Crippen LogP contribution < -0.4 is 23.5 Å². The zero-order valence-corrected chi connectivity index (χ0v) is 19.8. The molecule has 0 spiro atoms. The van der Waals surface area contributed by atoms with Gasteiger partial charge in [-0.05, 0) is 55.2 Å². The van der Waals surface area contributed by atoms with E-state index in [1.54, 1.807) is 14.2 Å². The predicted octanol–water partition coefficient (Wildman–Crippen LogP) is 5.19. The van der Waals surface area contributed by atoms with Crippen LogP contribution in [0.4, 0.5) is 0 Å². The highest BCUT2D eigenvalue weighted by atomic mass is 16.7. The molecule has 2 aliphatic rings. The van der Waals surface area contributed by atoms with Crippen LogP contribution in [0.5, 0.6) is 23.0 Å². The number of hydrogen-bond acceptors (Lipinski definition) is 4. The molecule has 0 saturated heterocycles. The van der Waals surface area contributed by atoms with E-state index in [1.807, 2.05) is 6.07 Å². The van der Waals surface area contributed by atoms with Crippen molar-refractivity contribution in [3.63, 3.8) is 0 Å². The molecule has 1 aromatic heterocycles. The lowest BCUT2D eigenvalue weighted by Gasteiger charge is -2.21. The molecular weight excluding hydrogens is 426 g/mol. The summed E-state index contributed by atoms with van der Waals surface area (Å²) in [6.45, 7) is 3.31. The zero-order valence-electron chi connectivity index (χ0n) is 19.8. The van der Waals surface area contributed by atoms with Crippen LogP contribution in [0.15, 0.2) is 54.7 Å². The minimum atomic E-state index is 0.285. The average Bonchev–Trinajstić information content (AvgIpc) is 3.32. The molecule has 0 N–H and O–H groups in total. The molecule has 0 radical (unpaired) electrons. The Balaban J connectivity index is 1.57. The van der Waals surface area contributed by atoms with Crippen molar-refractivity contribution in [2.45, 2.75) is 32.7 Å². The highest BCUT2D eigenvalue weighted by molar-refractivity contribution is 5.95. The molecule has 0 bridgehead atoms. The molecule has 0 fully saturated rings. The lowest BCUT2D eigenvalue weighted by atomic mass is 9.88. The zero-order chi connectivity index (χ0) is 23.2. The van der Waals surface area contributed by atoms with E-state index in [0.717, 1.165) is 54.2 Å². The number of hydrogen-bond donors (Lipinski definition) is 0. The van der Waals surface area contributed by atoms with Gasteiger partial charge < -0.3 is 18.9 Å². The third-order valence-corrected chi connectivity index (χ3v) is 7.03. The highest BCUT2D eigenvalue weighted by Gasteiger charge is 2.32. The summed E-state index contributed by atoms with van der Waals surface area (Å²) in [5.41, 5.74) is 7.73. The molecule has 3 aromatic carbocycles. The van der Waals surface area contributed by atoms with Gasteiger partial charge in [0.15, 0.2) is 35.7 Å². The van der Waals surface area contributed by atoms with Crippen molar-refractivity contribution in [1.82, 2.24) is 0 Å². The first-order valence-corrected chi connectivity index (χ1v) is 11.7. The van der Waals surface area contributed by atoms with Crippen LogP contribution in [0.2, 0.25) is 0 Å². The third-order valence-electron chi connectivity index (χ3n) is 7.03. The molecule has 0 saturated carbocycles. The SMILES string of the molecule is COc1ccc2c(CCc3ccc(C)cc3)c3[n+](cc2c1OC)CCc1cc2c(cc1-3)OCO2. The quantitative estimate of drug-likeness (QED) is 0.389. The van der Waals surface area contributed by atoms with Gasteiger partial charge in [0.2, 0.25) is 12.5 Å². The van der Waals surface area contributed by atoms with E-state index in [0.29, 0.717) is 0 Å². The number of pyridine rings is 1. The molecule has 4 aromatic rings. The van der Waals surface area contributed by atoms with Crippen molar-refractivity contribution >= 4 is 10.8 Å². The molecule has 0 aliphatic carbocycles. The van der Waals surface area contributed by atoms with E-state index in [4.69, 9.17) is 18.9 Å². The molecule has 2 aliphatic heterocycles. The molecule has 34 heavy (non-hydrogen) atoms. The van der Waals surface area contributed by atoms with Crippen molar-refractivity contribution in [3.05, 3.63) is 77.0 Å². The predicted molar refractivity (Wildman–Crippen MR) is 131 cm³/mol. The fourth-order valence-corrected chi connectivity index (χ4v) is 5.29. The number of methoxy groups -OCH3 is 2. The monoisotopic (exact) mass is 454 g/mol. The normalized spacial score (nSPS) is 13.5. The summed E-state index contributed by atoms with van der Waals surface area (Å²) in [5, 5.41) is 2.27. The van der Waals surface area contributed by atoms with Gasteiger partial charge in [0.25, 0.3) is 0 Å². The number of nitrogens with zero attached hydrogens (tertiary/aromatic N) is 1. The lowest BCUT2D eigenvalue weighted by molar-refractivity contribution is -0.686. The van der Waals surface area contributed by atoms with E-state index in [2.05, 4.69) is 60.2 Å². The largest absolute Gasteiger partial charge is 0.493 e. The summed E-state index contributed by atoms with van der Waals surface area (Å²) in [4.78, 5) is 0. The summed E-state index contributed by atoms with van der Waals surface area (Å²) in [7, 11) is 3.40. The second kappa shape index (κ2) is 8.24. The standard InChI is InChI=1S/C29H28NO4/c1-18-4-6-19(7-5-18)8-9-22-21-10-11-25(31-2)29(32-3)24(21)16-30-13-12-20-14-26-27(34-17-33-26)15-23(20)28(22)30/h4-7,10-11,14-16H,8-9,12-13,17H2,1-3H3/q+1. The minimum absolute atomic E-state index is 0.285. The van der Waals surface area contributed by atoms with Crippen molar-refractivity contribution < 1.29 is 23.5 Å². The topological polar surface area (TPSA) is 40.8 Å². The van der Waals surface area contributed by atoms with Crippen molar-refractivity contribution in [2.24, 2.45) is 0 Å². The van der Waals surface area contributed by atoms with Gasteiger partial charge in [0.05, 0.1) is 25.2 Å². The highest BCUT2D eigenvalue weighted by Crippen LogP contribution is 2.43.